The maximum Gasteiger partial charge on any atom is 0.269 e. The first-order valence-electron chi connectivity index (χ1n) is 6.73. The fraction of sp³-hybridized carbons (Fsp3) is 0.250. The Morgan fingerprint density at radius 2 is 1.90 bits per heavy atom. The number of non-ortho nitro benzene ring substituents is 1. The van der Waals surface area contributed by atoms with Crippen molar-refractivity contribution in [2.75, 3.05) is 0 Å². The van der Waals surface area contributed by atoms with Gasteiger partial charge < -0.3 is 10.4 Å². The topological polar surface area (TPSA) is 75.4 Å². The van der Waals surface area contributed by atoms with E-state index in [1.807, 2.05) is 26.0 Å². The van der Waals surface area contributed by atoms with Crippen molar-refractivity contribution in [2.24, 2.45) is 0 Å². The highest BCUT2D eigenvalue weighted by Crippen LogP contribution is 2.25. The minimum Gasteiger partial charge on any atom is -0.508 e. The van der Waals surface area contributed by atoms with Crippen molar-refractivity contribution in [3.05, 3.63) is 69.3 Å². The summed E-state index contributed by atoms with van der Waals surface area (Å²) < 4.78 is 0. The maximum absolute atomic E-state index is 10.6. The number of phenols is 1. The van der Waals surface area contributed by atoms with Gasteiger partial charge in [0.15, 0.2) is 0 Å². The molecular formula is C16H18N2O3. The highest BCUT2D eigenvalue weighted by atomic mass is 16.6. The van der Waals surface area contributed by atoms with Crippen LogP contribution >= 0.6 is 0 Å². The van der Waals surface area contributed by atoms with E-state index in [1.165, 1.54) is 12.1 Å². The molecule has 0 fully saturated rings. The predicted octanol–water partition coefficient (Wildman–Crippen LogP) is 3.46. The molecule has 2 aromatic carbocycles. The van der Waals surface area contributed by atoms with Gasteiger partial charge in [-0.2, -0.15) is 0 Å². The van der Waals surface area contributed by atoms with Crippen LogP contribution in [-0.4, -0.2) is 10.0 Å². The van der Waals surface area contributed by atoms with Crippen molar-refractivity contribution in [1.82, 2.24) is 5.32 Å². The molecule has 21 heavy (non-hydrogen) atoms. The second kappa shape index (κ2) is 6.37. The number of aromatic hydroxyl groups is 1. The molecule has 0 saturated carbocycles. The average Bonchev–Trinajstić information content (AvgIpc) is 2.47. The van der Waals surface area contributed by atoms with Crippen LogP contribution in [0.15, 0.2) is 42.5 Å². The summed E-state index contributed by atoms with van der Waals surface area (Å²) in [4.78, 5) is 10.2. The molecule has 0 aliphatic heterocycles. The van der Waals surface area contributed by atoms with Crippen molar-refractivity contribution < 1.29 is 10.0 Å². The van der Waals surface area contributed by atoms with Crippen molar-refractivity contribution in [1.29, 1.82) is 0 Å². The molecular weight excluding hydrogens is 268 g/mol. The van der Waals surface area contributed by atoms with Crippen molar-refractivity contribution in [2.45, 2.75) is 26.4 Å². The summed E-state index contributed by atoms with van der Waals surface area (Å²) >= 11 is 0. The van der Waals surface area contributed by atoms with Gasteiger partial charge in [0.25, 0.3) is 5.69 Å². The number of rotatable bonds is 5. The van der Waals surface area contributed by atoms with Gasteiger partial charge in [0, 0.05) is 30.3 Å². The smallest absolute Gasteiger partial charge is 0.269 e. The molecule has 0 heterocycles. The Kier molecular flexibility index (Phi) is 4.55. The van der Waals surface area contributed by atoms with E-state index in [4.69, 9.17) is 0 Å². The normalized spacial score (nSPS) is 12.1. The number of nitro groups is 1. The van der Waals surface area contributed by atoms with Crippen LogP contribution in [0.2, 0.25) is 0 Å². The molecule has 2 N–H and O–H groups in total. The van der Waals surface area contributed by atoms with E-state index in [2.05, 4.69) is 5.32 Å². The van der Waals surface area contributed by atoms with E-state index in [0.717, 1.165) is 16.7 Å². The van der Waals surface area contributed by atoms with Crippen molar-refractivity contribution in [3.63, 3.8) is 0 Å². The molecule has 1 atom stereocenters. The minimum atomic E-state index is -0.412. The molecule has 0 amide bonds. The molecule has 5 heteroatoms. The van der Waals surface area contributed by atoms with Gasteiger partial charge >= 0.3 is 0 Å². The maximum atomic E-state index is 10.6. The van der Waals surface area contributed by atoms with E-state index in [-0.39, 0.29) is 17.5 Å². The van der Waals surface area contributed by atoms with Gasteiger partial charge in [-0.05, 0) is 25.5 Å². The van der Waals surface area contributed by atoms with Gasteiger partial charge in [-0.15, -0.1) is 0 Å². The quantitative estimate of drug-likeness (QED) is 0.652. The monoisotopic (exact) mass is 286 g/mol. The molecule has 0 radical (unpaired) electrons. The van der Waals surface area contributed by atoms with Crippen LogP contribution in [-0.2, 0) is 6.54 Å². The first-order chi connectivity index (χ1) is 9.97. The second-order valence-electron chi connectivity index (χ2n) is 5.09. The number of benzene rings is 2. The van der Waals surface area contributed by atoms with E-state index in [9.17, 15) is 15.2 Å². The molecule has 1 unspecified atom stereocenters. The Balaban J connectivity index is 2.02. The van der Waals surface area contributed by atoms with Crippen LogP contribution in [0, 0.1) is 17.0 Å². The summed E-state index contributed by atoms with van der Waals surface area (Å²) in [5.74, 6) is 0.268. The summed E-state index contributed by atoms with van der Waals surface area (Å²) in [5, 5.41) is 23.8. The lowest BCUT2D eigenvalue weighted by molar-refractivity contribution is -0.384. The molecule has 0 spiro atoms. The van der Waals surface area contributed by atoms with E-state index >= 15 is 0 Å². The number of nitrogens with zero attached hydrogens (tertiary/aromatic N) is 1. The summed E-state index contributed by atoms with van der Waals surface area (Å²) in [7, 11) is 0. The SMILES string of the molecule is Cc1ccc(O)c(C(C)NCc2ccc([N+](=O)[O-])cc2)c1. The summed E-state index contributed by atoms with van der Waals surface area (Å²) in [5.41, 5.74) is 2.98. The molecule has 0 aliphatic rings. The standard InChI is InChI=1S/C16H18N2O3/c1-11-3-8-16(19)15(9-11)12(2)17-10-13-4-6-14(7-5-13)18(20)21/h3-9,12,17,19H,10H2,1-2H3. The third-order valence-corrected chi connectivity index (χ3v) is 3.41. The number of nitro benzene ring substituents is 1. The first-order valence-corrected chi connectivity index (χ1v) is 6.73. The van der Waals surface area contributed by atoms with E-state index in [1.54, 1.807) is 18.2 Å². The zero-order valence-electron chi connectivity index (χ0n) is 12.0. The second-order valence-corrected chi connectivity index (χ2v) is 5.09. The van der Waals surface area contributed by atoms with Crippen molar-refractivity contribution >= 4 is 5.69 Å². The highest BCUT2D eigenvalue weighted by Gasteiger charge is 2.10. The lowest BCUT2D eigenvalue weighted by Gasteiger charge is -2.16. The zero-order chi connectivity index (χ0) is 15.4. The van der Waals surface area contributed by atoms with Gasteiger partial charge in [-0.1, -0.05) is 29.8 Å². The van der Waals surface area contributed by atoms with Crippen LogP contribution in [0.4, 0.5) is 5.69 Å². The van der Waals surface area contributed by atoms with Crippen LogP contribution in [0.1, 0.15) is 29.7 Å². The molecule has 110 valence electrons. The lowest BCUT2D eigenvalue weighted by Crippen LogP contribution is -2.18. The number of nitrogens with one attached hydrogen (secondary N) is 1. The van der Waals surface area contributed by atoms with Crippen LogP contribution in [0.25, 0.3) is 0 Å². The van der Waals surface area contributed by atoms with Gasteiger partial charge in [0.1, 0.15) is 5.75 Å². The molecule has 2 rings (SSSR count). The molecule has 0 bridgehead atoms. The Bertz CT molecular complexity index is 638. The average molecular weight is 286 g/mol. The van der Waals surface area contributed by atoms with Gasteiger partial charge in [0.2, 0.25) is 0 Å². The van der Waals surface area contributed by atoms with Crippen LogP contribution < -0.4 is 5.32 Å². The first kappa shape index (κ1) is 15.0. The lowest BCUT2D eigenvalue weighted by atomic mass is 10.0. The number of phenolic OH excluding ortho intramolecular Hbond substituents is 1. The Hall–Kier alpha value is -2.40. The fourth-order valence-electron chi connectivity index (χ4n) is 2.14. The van der Waals surface area contributed by atoms with Gasteiger partial charge in [0.05, 0.1) is 4.92 Å². The summed E-state index contributed by atoms with van der Waals surface area (Å²) in [6, 6.07) is 11.9. The number of hydrogen-bond acceptors (Lipinski definition) is 4. The number of aryl methyl sites for hydroxylation is 1. The third kappa shape index (κ3) is 3.79. The number of hydrogen-bond donors (Lipinski definition) is 2. The van der Waals surface area contributed by atoms with Crippen LogP contribution in [0.5, 0.6) is 5.75 Å². The molecule has 0 aromatic heterocycles. The molecule has 0 aliphatic carbocycles. The highest BCUT2D eigenvalue weighted by molar-refractivity contribution is 5.38. The molecule has 5 nitrogen and oxygen atoms in total. The van der Waals surface area contributed by atoms with E-state index in [0.29, 0.717) is 6.54 Å². The summed E-state index contributed by atoms with van der Waals surface area (Å²) in [6.07, 6.45) is 0. The largest absolute Gasteiger partial charge is 0.508 e. The Morgan fingerprint density at radius 1 is 1.24 bits per heavy atom. The van der Waals surface area contributed by atoms with E-state index < -0.39 is 4.92 Å². The summed E-state index contributed by atoms with van der Waals surface area (Å²) in [6.45, 7) is 4.53. The Morgan fingerprint density at radius 3 is 2.52 bits per heavy atom. The van der Waals surface area contributed by atoms with Crippen LogP contribution in [0.3, 0.4) is 0 Å². The molecule has 0 saturated heterocycles. The third-order valence-electron chi connectivity index (χ3n) is 3.41. The fourth-order valence-corrected chi connectivity index (χ4v) is 2.14. The minimum absolute atomic E-state index is 0.0138. The van der Waals surface area contributed by atoms with Gasteiger partial charge in [-0.3, -0.25) is 10.1 Å². The van der Waals surface area contributed by atoms with Gasteiger partial charge in [-0.25, -0.2) is 0 Å². The molecule has 2 aromatic rings. The Labute approximate surface area is 123 Å². The zero-order valence-corrected chi connectivity index (χ0v) is 12.0. The van der Waals surface area contributed by atoms with Crippen molar-refractivity contribution in [3.8, 4) is 5.75 Å². The predicted molar refractivity (Wildman–Crippen MR) is 81.2 cm³/mol.